The highest BCUT2D eigenvalue weighted by molar-refractivity contribution is 5.77. The first-order chi connectivity index (χ1) is 10.9. The van der Waals surface area contributed by atoms with Gasteiger partial charge >= 0.3 is 0 Å². The lowest BCUT2D eigenvalue weighted by atomic mass is 9.83. The van der Waals surface area contributed by atoms with Crippen molar-refractivity contribution in [2.24, 2.45) is 0 Å². The Balaban J connectivity index is 2.14. The van der Waals surface area contributed by atoms with Gasteiger partial charge in [0.1, 0.15) is 0 Å². The van der Waals surface area contributed by atoms with Crippen LogP contribution >= 0.6 is 0 Å². The quantitative estimate of drug-likeness (QED) is 0.882. The van der Waals surface area contributed by atoms with E-state index in [1.165, 1.54) is 5.56 Å². The van der Waals surface area contributed by atoms with E-state index < -0.39 is 16.6 Å². The lowest BCUT2D eigenvalue weighted by molar-refractivity contribution is 0.461. The molecule has 3 rings (SSSR count). The summed E-state index contributed by atoms with van der Waals surface area (Å²) in [6.07, 6.45) is 3.78. The number of aromatic hydroxyl groups is 1. The maximum atomic E-state index is 11.7. The molecule has 0 amide bonds. The van der Waals surface area contributed by atoms with Gasteiger partial charge < -0.3 is 10.0 Å². The highest BCUT2D eigenvalue weighted by atomic mass is 16.3. The van der Waals surface area contributed by atoms with E-state index in [2.05, 4.69) is 37.8 Å². The van der Waals surface area contributed by atoms with Gasteiger partial charge in [-0.3, -0.25) is 9.59 Å². The number of para-hydroxylation sites is 1. The monoisotopic (exact) mass is 311 g/mol. The highest BCUT2D eigenvalue weighted by Crippen LogP contribution is 2.48. The number of rotatable bonds is 4. The standard InChI is InChI=1S/C19H21NO3/c1-4-5-10-20-14-9-7-6-8-13(14)19(2,3)15(20)11-12-16(21)18(23)17(12)22/h6-9,11,21H,4-5,10H2,1-3H3. The Morgan fingerprint density at radius 1 is 1.17 bits per heavy atom. The summed E-state index contributed by atoms with van der Waals surface area (Å²) < 4.78 is 0. The van der Waals surface area contributed by atoms with Crippen LogP contribution in [0.5, 0.6) is 5.75 Å². The molecule has 0 saturated heterocycles. The van der Waals surface area contributed by atoms with Crippen LogP contribution in [0.15, 0.2) is 39.6 Å². The zero-order valence-electron chi connectivity index (χ0n) is 13.7. The van der Waals surface area contributed by atoms with Gasteiger partial charge in [0.2, 0.25) is 5.43 Å². The fourth-order valence-electron chi connectivity index (χ4n) is 3.33. The van der Waals surface area contributed by atoms with Crippen LogP contribution in [-0.2, 0) is 5.41 Å². The minimum Gasteiger partial charge on any atom is -0.504 e. The summed E-state index contributed by atoms with van der Waals surface area (Å²) in [7, 11) is 0. The van der Waals surface area contributed by atoms with E-state index in [0.717, 1.165) is 30.8 Å². The molecule has 0 fully saturated rings. The van der Waals surface area contributed by atoms with Gasteiger partial charge in [-0.15, -0.1) is 0 Å². The molecule has 0 bridgehead atoms. The first-order valence-corrected chi connectivity index (χ1v) is 8.01. The molecule has 4 nitrogen and oxygen atoms in total. The third-order valence-corrected chi connectivity index (χ3v) is 4.74. The molecular weight excluding hydrogens is 290 g/mol. The number of unbranched alkanes of at least 4 members (excludes halogenated alkanes) is 1. The molecule has 1 aliphatic rings. The highest BCUT2D eigenvalue weighted by Gasteiger charge is 2.40. The number of fused-ring (bicyclic) bond motifs is 1. The molecule has 2 aromatic rings. The largest absolute Gasteiger partial charge is 0.504 e. The summed E-state index contributed by atoms with van der Waals surface area (Å²) in [5.74, 6) is -0.412. The van der Waals surface area contributed by atoms with E-state index in [9.17, 15) is 14.7 Å². The number of benzene rings is 1. The van der Waals surface area contributed by atoms with Crippen molar-refractivity contribution in [3.63, 3.8) is 0 Å². The van der Waals surface area contributed by atoms with Gasteiger partial charge in [0.05, 0.1) is 5.56 Å². The molecule has 0 spiro atoms. The predicted octanol–water partition coefficient (Wildman–Crippen LogP) is 2.93. The number of allylic oxidation sites excluding steroid dienone is 1. The molecule has 0 unspecified atom stereocenters. The molecule has 1 N–H and O–H groups in total. The average molecular weight is 311 g/mol. The van der Waals surface area contributed by atoms with Crippen LogP contribution in [0.2, 0.25) is 0 Å². The third-order valence-electron chi connectivity index (χ3n) is 4.74. The van der Waals surface area contributed by atoms with E-state index in [1.54, 1.807) is 6.08 Å². The molecule has 0 saturated carbocycles. The normalized spacial score (nSPS) is 17.9. The van der Waals surface area contributed by atoms with Gasteiger partial charge in [-0.05, 0) is 24.1 Å². The van der Waals surface area contributed by atoms with Gasteiger partial charge in [0, 0.05) is 23.3 Å². The van der Waals surface area contributed by atoms with Crippen LogP contribution in [0.25, 0.3) is 6.08 Å². The maximum absolute atomic E-state index is 11.7. The lowest BCUT2D eigenvalue weighted by Crippen LogP contribution is -2.34. The van der Waals surface area contributed by atoms with Crippen LogP contribution in [0.3, 0.4) is 0 Å². The van der Waals surface area contributed by atoms with Gasteiger partial charge in [-0.25, -0.2) is 0 Å². The SMILES string of the molecule is CCCCN1C(=Cc2c(O)c(=O)c2=O)C(C)(C)c2ccccc21. The Morgan fingerprint density at radius 2 is 1.87 bits per heavy atom. The molecule has 23 heavy (non-hydrogen) atoms. The summed E-state index contributed by atoms with van der Waals surface area (Å²) in [5.41, 5.74) is 1.75. The van der Waals surface area contributed by atoms with Crippen molar-refractivity contribution >= 4 is 11.8 Å². The van der Waals surface area contributed by atoms with Crippen LogP contribution < -0.4 is 15.8 Å². The van der Waals surface area contributed by atoms with Crippen LogP contribution in [-0.4, -0.2) is 11.7 Å². The van der Waals surface area contributed by atoms with Crippen molar-refractivity contribution in [3.05, 3.63) is 61.5 Å². The van der Waals surface area contributed by atoms with Crippen molar-refractivity contribution in [1.29, 1.82) is 0 Å². The molecular formula is C19H21NO3. The molecule has 0 atom stereocenters. The Kier molecular flexibility index (Phi) is 3.63. The maximum Gasteiger partial charge on any atom is 0.268 e. The Morgan fingerprint density at radius 3 is 2.52 bits per heavy atom. The molecule has 2 aromatic carbocycles. The lowest BCUT2D eigenvalue weighted by Gasteiger charge is -2.27. The zero-order chi connectivity index (χ0) is 16.8. The van der Waals surface area contributed by atoms with Crippen LogP contribution in [0.1, 0.15) is 44.7 Å². The summed E-state index contributed by atoms with van der Waals surface area (Å²) in [6.45, 7) is 7.19. The Bertz CT molecular complexity index is 854. The molecule has 0 aliphatic carbocycles. The van der Waals surface area contributed by atoms with Gasteiger partial charge in [-0.2, -0.15) is 0 Å². The van der Waals surface area contributed by atoms with Crippen molar-refractivity contribution in [1.82, 2.24) is 0 Å². The molecule has 4 heteroatoms. The van der Waals surface area contributed by atoms with E-state index in [4.69, 9.17) is 0 Å². The summed E-state index contributed by atoms with van der Waals surface area (Å²) >= 11 is 0. The van der Waals surface area contributed by atoms with Crippen molar-refractivity contribution in [2.45, 2.75) is 39.0 Å². The number of hydrogen-bond donors (Lipinski definition) is 1. The summed E-state index contributed by atoms with van der Waals surface area (Å²) in [6, 6.07) is 8.19. The fraction of sp³-hybridized carbons (Fsp3) is 0.368. The van der Waals surface area contributed by atoms with Crippen molar-refractivity contribution in [2.75, 3.05) is 11.4 Å². The van der Waals surface area contributed by atoms with E-state index in [0.29, 0.717) is 0 Å². The van der Waals surface area contributed by atoms with E-state index in [-0.39, 0.29) is 11.0 Å². The van der Waals surface area contributed by atoms with E-state index >= 15 is 0 Å². The summed E-state index contributed by atoms with van der Waals surface area (Å²) in [5, 5.41) is 9.70. The molecule has 0 radical (unpaired) electrons. The first kappa shape index (κ1) is 15.5. The van der Waals surface area contributed by atoms with Gasteiger partial charge in [0.25, 0.3) is 5.43 Å². The second-order valence-corrected chi connectivity index (χ2v) is 6.60. The fourth-order valence-corrected chi connectivity index (χ4v) is 3.33. The topological polar surface area (TPSA) is 57.6 Å². The average Bonchev–Trinajstić information content (AvgIpc) is 2.77. The second-order valence-electron chi connectivity index (χ2n) is 6.60. The van der Waals surface area contributed by atoms with Crippen LogP contribution in [0.4, 0.5) is 5.69 Å². The zero-order valence-corrected chi connectivity index (χ0v) is 13.7. The molecule has 0 aromatic heterocycles. The minimum atomic E-state index is -0.787. The van der Waals surface area contributed by atoms with Gasteiger partial charge in [0.15, 0.2) is 5.75 Å². The van der Waals surface area contributed by atoms with Crippen molar-refractivity contribution in [3.8, 4) is 5.75 Å². The van der Waals surface area contributed by atoms with E-state index in [1.807, 2.05) is 12.1 Å². The summed E-state index contributed by atoms with van der Waals surface area (Å²) in [4.78, 5) is 25.2. The molecule has 1 heterocycles. The Labute approximate surface area is 135 Å². The van der Waals surface area contributed by atoms with Gasteiger partial charge in [-0.1, -0.05) is 45.4 Å². The van der Waals surface area contributed by atoms with Crippen molar-refractivity contribution < 1.29 is 5.11 Å². The number of hydrogen-bond acceptors (Lipinski definition) is 4. The minimum absolute atomic E-state index is 0.132. The second kappa shape index (κ2) is 5.37. The molecule has 120 valence electrons. The Hall–Kier alpha value is -2.36. The van der Waals surface area contributed by atoms with Crippen LogP contribution in [0, 0.1) is 0 Å². The molecule has 1 aliphatic heterocycles. The smallest absolute Gasteiger partial charge is 0.268 e. The first-order valence-electron chi connectivity index (χ1n) is 8.01. The number of nitrogens with zero attached hydrogens (tertiary/aromatic N) is 1. The number of anilines is 1. The third kappa shape index (κ3) is 2.21. The predicted molar refractivity (Wildman–Crippen MR) is 92.7 cm³/mol.